The number of carbonyl (C=O) groups is 1. The van der Waals surface area contributed by atoms with Gasteiger partial charge in [-0.2, -0.15) is 16.9 Å². The molecule has 6 heteroatoms. The minimum atomic E-state index is -0.127. The number of thioether (sulfide) groups is 1. The number of aryl methyl sites for hydroxylation is 2. The van der Waals surface area contributed by atoms with Gasteiger partial charge in [0.1, 0.15) is 17.3 Å². The largest absolute Gasteiger partial charge is 0.457 e. The van der Waals surface area contributed by atoms with Crippen LogP contribution in [-0.2, 0) is 11.5 Å². The number of hydrogen-bond acceptors (Lipinski definition) is 4. The van der Waals surface area contributed by atoms with E-state index < -0.39 is 0 Å². The lowest BCUT2D eigenvalue weighted by atomic mass is 10.1. The van der Waals surface area contributed by atoms with Crippen LogP contribution in [0.3, 0.4) is 0 Å². The molecule has 160 valence electrons. The fraction of sp³-hybridized carbons (Fsp3) is 0.154. The van der Waals surface area contributed by atoms with E-state index >= 15 is 0 Å². The van der Waals surface area contributed by atoms with Crippen molar-refractivity contribution < 1.29 is 9.53 Å². The van der Waals surface area contributed by atoms with Gasteiger partial charge in [0.2, 0.25) is 0 Å². The summed E-state index contributed by atoms with van der Waals surface area (Å²) in [5.41, 5.74) is 5.90. The monoisotopic (exact) mass is 441 g/mol. The molecule has 0 saturated carbocycles. The molecular weight excluding hydrogens is 418 g/mol. The van der Waals surface area contributed by atoms with Gasteiger partial charge in [-0.25, -0.2) is 4.68 Å². The summed E-state index contributed by atoms with van der Waals surface area (Å²) in [5, 5.41) is 7.92. The smallest absolute Gasteiger partial charge is 0.256 e. The standard InChI is InChI=1S/C26H23N3O2S/c1-17-8-9-19(14-18(17)2)26(30)27-25-23-15-32-16-24(23)28-29(25)20-10-12-22(13-11-20)31-21-6-4-3-5-7-21/h3-14H,15-16H2,1-2H3,(H,27,30). The predicted octanol–water partition coefficient (Wildman–Crippen LogP) is 6.28. The number of fused-ring (bicyclic) bond motifs is 1. The van der Waals surface area contributed by atoms with Crippen molar-refractivity contribution in [2.24, 2.45) is 0 Å². The summed E-state index contributed by atoms with van der Waals surface area (Å²) in [4.78, 5) is 13.0. The van der Waals surface area contributed by atoms with Crippen LogP contribution in [0.25, 0.3) is 5.69 Å². The zero-order valence-electron chi connectivity index (χ0n) is 18.0. The number of ether oxygens (including phenoxy) is 1. The molecule has 1 N–H and O–H groups in total. The number of aromatic nitrogens is 2. The van der Waals surface area contributed by atoms with Gasteiger partial charge in [0.05, 0.1) is 11.4 Å². The van der Waals surface area contributed by atoms with Gasteiger partial charge >= 0.3 is 0 Å². The Morgan fingerprint density at radius 3 is 2.44 bits per heavy atom. The molecule has 1 aromatic heterocycles. The lowest BCUT2D eigenvalue weighted by Crippen LogP contribution is -2.16. The molecule has 3 aromatic carbocycles. The highest BCUT2D eigenvalue weighted by atomic mass is 32.2. The van der Waals surface area contributed by atoms with E-state index in [4.69, 9.17) is 9.84 Å². The summed E-state index contributed by atoms with van der Waals surface area (Å²) in [6, 6.07) is 23.2. The van der Waals surface area contributed by atoms with Gasteiger partial charge in [-0.05, 0) is 73.5 Å². The molecular formula is C26H23N3O2S. The quantitative estimate of drug-likeness (QED) is 0.396. The van der Waals surface area contributed by atoms with Crippen molar-refractivity contribution in [1.29, 1.82) is 0 Å². The van der Waals surface area contributed by atoms with Crippen molar-refractivity contribution in [3.8, 4) is 17.2 Å². The molecule has 0 fully saturated rings. The minimum Gasteiger partial charge on any atom is -0.457 e. The Bertz CT molecular complexity index is 1280. The molecule has 0 unspecified atom stereocenters. The second kappa shape index (κ2) is 8.55. The summed E-state index contributed by atoms with van der Waals surface area (Å²) in [6.45, 7) is 4.06. The Labute approximate surface area is 191 Å². The average Bonchev–Trinajstić information content (AvgIpc) is 3.39. The number of carbonyl (C=O) groups excluding carboxylic acids is 1. The number of amides is 1. The topological polar surface area (TPSA) is 56.2 Å². The molecule has 2 heterocycles. The lowest BCUT2D eigenvalue weighted by molar-refractivity contribution is 0.102. The third kappa shape index (κ3) is 4.01. The van der Waals surface area contributed by atoms with Gasteiger partial charge < -0.3 is 10.1 Å². The molecule has 0 saturated heterocycles. The number of nitrogens with zero attached hydrogens (tertiary/aromatic N) is 2. The number of nitrogens with one attached hydrogen (secondary N) is 1. The number of benzene rings is 3. The second-order valence-corrected chi connectivity index (χ2v) is 8.83. The minimum absolute atomic E-state index is 0.127. The molecule has 0 spiro atoms. The van der Waals surface area contributed by atoms with Crippen molar-refractivity contribution in [1.82, 2.24) is 9.78 Å². The molecule has 1 amide bonds. The first-order chi connectivity index (χ1) is 15.6. The number of hydrogen-bond donors (Lipinski definition) is 1. The van der Waals surface area contributed by atoms with Crippen LogP contribution in [0.15, 0.2) is 72.8 Å². The summed E-state index contributed by atoms with van der Waals surface area (Å²) in [7, 11) is 0. The molecule has 5 rings (SSSR count). The van der Waals surface area contributed by atoms with E-state index in [0.29, 0.717) is 5.56 Å². The van der Waals surface area contributed by atoms with Crippen LogP contribution < -0.4 is 10.1 Å². The van der Waals surface area contributed by atoms with Gasteiger partial charge in [0, 0.05) is 22.6 Å². The van der Waals surface area contributed by atoms with E-state index in [1.54, 1.807) is 0 Å². The Balaban J connectivity index is 1.43. The van der Waals surface area contributed by atoms with Crippen LogP contribution in [0.5, 0.6) is 11.5 Å². The summed E-state index contributed by atoms with van der Waals surface area (Å²) >= 11 is 1.81. The highest BCUT2D eigenvalue weighted by Gasteiger charge is 2.25. The van der Waals surface area contributed by atoms with Crippen LogP contribution in [0, 0.1) is 13.8 Å². The van der Waals surface area contributed by atoms with Crippen LogP contribution in [0.1, 0.15) is 32.7 Å². The Hall–Kier alpha value is -3.51. The Morgan fingerprint density at radius 1 is 0.938 bits per heavy atom. The first-order valence-electron chi connectivity index (χ1n) is 10.5. The van der Waals surface area contributed by atoms with E-state index in [1.807, 2.05) is 103 Å². The third-order valence-electron chi connectivity index (χ3n) is 5.61. The molecule has 0 aliphatic carbocycles. The average molecular weight is 442 g/mol. The first-order valence-corrected chi connectivity index (χ1v) is 11.6. The highest BCUT2D eigenvalue weighted by Crippen LogP contribution is 2.36. The van der Waals surface area contributed by atoms with E-state index in [2.05, 4.69) is 5.32 Å². The predicted molar refractivity (Wildman–Crippen MR) is 129 cm³/mol. The van der Waals surface area contributed by atoms with Gasteiger partial charge in [-0.3, -0.25) is 4.79 Å². The molecule has 0 bridgehead atoms. The molecule has 4 aromatic rings. The van der Waals surface area contributed by atoms with E-state index in [0.717, 1.165) is 51.3 Å². The van der Waals surface area contributed by atoms with Gasteiger partial charge in [-0.1, -0.05) is 24.3 Å². The number of para-hydroxylation sites is 1. The molecule has 32 heavy (non-hydrogen) atoms. The maximum atomic E-state index is 13.0. The molecule has 1 aliphatic rings. The fourth-order valence-electron chi connectivity index (χ4n) is 3.67. The SMILES string of the molecule is Cc1ccc(C(=O)Nc2c3c(nn2-c2ccc(Oc4ccccc4)cc2)CSC3)cc1C. The Kier molecular flexibility index (Phi) is 5.45. The molecule has 5 nitrogen and oxygen atoms in total. The van der Waals surface area contributed by atoms with Gasteiger partial charge in [-0.15, -0.1) is 0 Å². The fourth-order valence-corrected chi connectivity index (χ4v) is 4.71. The molecule has 0 radical (unpaired) electrons. The van der Waals surface area contributed by atoms with Crippen LogP contribution in [0.4, 0.5) is 5.82 Å². The van der Waals surface area contributed by atoms with Crippen LogP contribution in [-0.4, -0.2) is 15.7 Å². The number of rotatable bonds is 5. The van der Waals surface area contributed by atoms with Crippen molar-refractivity contribution in [3.05, 3.63) is 101 Å². The van der Waals surface area contributed by atoms with Crippen molar-refractivity contribution in [2.75, 3.05) is 5.32 Å². The van der Waals surface area contributed by atoms with Gasteiger partial charge in [0.25, 0.3) is 5.91 Å². The van der Waals surface area contributed by atoms with Crippen LogP contribution in [0.2, 0.25) is 0 Å². The zero-order valence-corrected chi connectivity index (χ0v) is 18.8. The maximum absolute atomic E-state index is 13.0. The lowest BCUT2D eigenvalue weighted by Gasteiger charge is -2.12. The van der Waals surface area contributed by atoms with E-state index in [9.17, 15) is 4.79 Å². The Morgan fingerprint density at radius 2 is 1.69 bits per heavy atom. The van der Waals surface area contributed by atoms with Crippen LogP contribution >= 0.6 is 11.8 Å². The first kappa shape index (κ1) is 20.4. The zero-order chi connectivity index (χ0) is 22.1. The molecule has 1 aliphatic heterocycles. The van der Waals surface area contributed by atoms with E-state index in [-0.39, 0.29) is 5.91 Å². The normalized spacial score (nSPS) is 12.4. The molecule has 0 atom stereocenters. The van der Waals surface area contributed by atoms with Crippen molar-refractivity contribution in [2.45, 2.75) is 25.4 Å². The third-order valence-corrected chi connectivity index (χ3v) is 6.58. The highest BCUT2D eigenvalue weighted by molar-refractivity contribution is 7.98. The summed E-state index contributed by atoms with van der Waals surface area (Å²) in [6.07, 6.45) is 0. The second-order valence-electron chi connectivity index (χ2n) is 7.84. The van der Waals surface area contributed by atoms with Crippen molar-refractivity contribution >= 4 is 23.5 Å². The maximum Gasteiger partial charge on any atom is 0.256 e. The van der Waals surface area contributed by atoms with E-state index in [1.165, 1.54) is 5.56 Å². The van der Waals surface area contributed by atoms with Crippen molar-refractivity contribution in [3.63, 3.8) is 0 Å². The summed E-state index contributed by atoms with van der Waals surface area (Å²) in [5.74, 6) is 3.84. The number of anilines is 1. The summed E-state index contributed by atoms with van der Waals surface area (Å²) < 4.78 is 7.73. The van der Waals surface area contributed by atoms with Gasteiger partial charge in [0.15, 0.2) is 0 Å².